The van der Waals surface area contributed by atoms with E-state index in [0.29, 0.717) is 11.6 Å². The van der Waals surface area contributed by atoms with Crippen LogP contribution < -0.4 is 0 Å². The topological polar surface area (TPSA) is 43.2 Å². The van der Waals surface area contributed by atoms with Crippen LogP contribution in [0.25, 0.3) is 0 Å². The first-order chi connectivity index (χ1) is 9.90. The molecule has 1 aliphatic rings. The van der Waals surface area contributed by atoms with Gasteiger partial charge in [-0.3, -0.25) is 4.90 Å². The Morgan fingerprint density at radius 1 is 1.29 bits per heavy atom. The Bertz CT molecular complexity index is 461. The Hall–Kier alpha value is -1.15. The maximum Gasteiger partial charge on any atom is 0.408 e. The van der Waals surface area contributed by atoms with Gasteiger partial charge in [0.15, 0.2) is 5.82 Å². The lowest BCUT2D eigenvalue weighted by Gasteiger charge is -2.25. The molecule has 0 bridgehead atoms. The molecule has 5 nitrogen and oxygen atoms in total. The van der Waals surface area contributed by atoms with Gasteiger partial charge < -0.3 is 4.74 Å². The van der Waals surface area contributed by atoms with Crippen molar-refractivity contribution in [3.05, 3.63) is 11.6 Å². The van der Waals surface area contributed by atoms with Crippen LogP contribution in [0.5, 0.6) is 0 Å². The summed E-state index contributed by atoms with van der Waals surface area (Å²) in [6.45, 7) is -0.124. The lowest BCUT2D eigenvalue weighted by molar-refractivity contribution is -0.143. The van der Waals surface area contributed by atoms with Crippen molar-refractivity contribution in [2.24, 2.45) is 0 Å². The normalized spacial score (nSPS) is 21.5. The molecule has 8 heteroatoms. The average molecular weight is 306 g/mol. The Labute approximate surface area is 122 Å². The molecular weight excluding hydrogens is 285 g/mol. The summed E-state index contributed by atoms with van der Waals surface area (Å²) in [5, 5.41) is 3.96. The summed E-state index contributed by atoms with van der Waals surface area (Å²) < 4.78 is 44.1. The van der Waals surface area contributed by atoms with Crippen molar-refractivity contribution < 1.29 is 17.9 Å². The molecule has 1 fully saturated rings. The molecule has 1 saturated heterocycles. The standard InChI is InChI=1S/C13H21F3N4O/c1-19-7-5-3-4-6-10(19)12-17-11(8-21-2)18-20(12)9-13(14,15)16/h10H,3-9H2,1-2H3/t10-/m0/s1. The minimum absolute atomic E-state index is 0.118. The second kappa shape index (κ2) is 6.74. The smallest absolute Gasteiger partial charge is 0.377 e. The molecule has 1 aromatic heterocycles. The van der Waals surface area contributed by atoms with Crippen molar-refractivity contribution in [3.8, 4) is 0 Å². The highest BCUT2D eigenvalue weighted by Gasteiger charge is 2.33. The molecule has 1 atom stereocenters. The summed E-state index contributed by atoms with van der Waals surface area (Å²) in [6.07, 6.45) is -0.354. The van der Waals surface area contributed by atoms with Gasteiger partial charge in [-0.15, -0.1) is 0 Å². The zero-order chi connectivity index (χ0) is 15.5. The molecule has 0 N–H and O–H groups in total. The number of nitrogens with zero attached hydrogens (tertiary/aromatic N) is 4. The van der Waals surface area contributed by atoms with Gasteiger partial charge in [-0.1, -0.05) is 12.8 Å². The van der Waals surface area contributed by atoms with Crippen LogP contribution in [0.2, 0.25) is 0 Å². The fourth-order valence-electron chi connectivity index (χ4n) is 2.70. The van der Waals surface area contributed by atoms with Crippen molar-refractivity contribution in [2.75, 3.05) is 20.7 Å². The zero-order valence-electron chi connectivity index (χ0n) is 12.4. The fourth-order valence-corrected chi connectivity index (χ4v) is 2.70. The molecule has 1 aromatic rings. The van der Waals surface area contributed by atoms with E-state index in [9.17, 15) is 13.2 Å². The third-order valence-corrected chi connectivity index (χ3v) is 3.67. The first-order valence-corrected chi connectivity index (χ1v) is 7.10. The third-order valence-electron chi connectivity index (χ3n) is 3.67. The summed E-state index contributed by atoms with van der Waals surface area (Å²) in [6, 6.07) is -0.118. The Balaban J connectivity index is 2.30. The second-order valence-electron chi connectivity index (χ2n) is 5.44. The molecule has 0 aromatic carbocycles. The summed E-state index contributed by atoms with van der Waals surface area (Å²) in [7, 11) is 3.40. The first kappa shape index (κ1) is 16.2. The maximum absolute atomic E-state index is 12.7. The predicted octanol–water partition coefficient (Wildman–Crippen LogP) is 2.53. The molecule has 0 aliphatic carbocycles. The van der Waals surface area contributed by atoms with Crippen molar-refractivity contribution in [1.82, 2.24) is 19.7 Å². The highest BCUT2D eigenvalue weighted by molar-refractivity contribution is 5.01. The summed E-state index contributed by atoms with van der Waals surface area (Å²) >= 11 is 0. The quantitative estimate of drug-likeness (QED) is 0.857. The molecule has 0 unspecified atom stereocenters. The van der Waals surface area contributed by atoms with E-state index >= 15 is 0 Å². The zero-order valence-corrected chi connectivity index (χ0v) is 12.4. The molecule has 0 saturated carbocycles. The SMILES string of the molecule is COCc1nc([C@@H]2CCCCCN2C)n(CC(F)(F)F)n1. The molecule has 2 rings (SSSR count). The van der Waals surface area contributed by atoms with Gasteiger partial charge in [0.25, 0.3) is 0 Å². The second-order valence-corrected chi connectivity index (χ2v) is 5.44. The number of hydrogen-bond acceptors (Lipinski definition) is 4. The molecule has 2 heterocycles. The van der Waals surface area contributed by atoms with Gasteiger partial charge in [-0.05, 0) is 26.4 Å². The van der Waals surface area contributed by atoms with E-state index in [4.69, 9.17) is 4.74 Å². The largest absolute Gasteiger partial charge is 0.408 e. The molecule has 0 amide bonds. The molecule has 120 valence electrons. The predicted molar refractivity (Wildman–Crippen MR) is 70.6 cm³/mol. The van der Waals surface area contributed by atoms with Gasteiger partial charge in [0.1, 0.15) is 19.0 Å². The van der Waals surface area contributed by atoms with E-state index in [2.05, 4.69) is 15.0 Å². The van der Waals surface area contributed by atoms with Crippen LogP contribution in [-0.4, -0.2) is 46.5 Å². The first-order valence-electron chi connectivity index (χ1n) is 7.10. The average Bonchev–Trinajstić information content (AvgIpc) is 2.61. The number of aromatic nitrogens is 3. The van der Waals surface area contributed by atoms with Gasteiger partial charge in [0.05, 0.1) is 6.04 Å². The van der Waals surface area contributed by atoms with Crippen LogP contribution in [0, 0.1) is 0 Å². The van der Waals surface area contributed by atoms with Crippen molar-refractivity contribution in [1.29, 1.82) is 0 Å². The van der Waals surface area contributed by atoms with Gasteiger partial charge in [0, 0.05) is 7.11 Å². The van der Waals surface area contributed by atoms with Crippen LogP contribution in [-0.2, 0) is 17.9 Å². The van der Waals surface area contributed by atoms with Crippen LogP contribution in [0.1, 0.15) is 43.4 Å². The van der Waals surface area contributed by atoms with E-state index in [1.54, 1.807) is 0 Å². The van der Waals surface area contributed by atoms with Crippen molar-refractivity contribution >= 4 is 0 Å². The van der Waals surface area contributed by atoms with Crippen LogP contribution in [0.4, 0.5) is 13.2 Å². The number of likely N-dealkylation sites (tertiary alicyclic amines) is 1. The summed E-state index contributed by atoms with van der Waals surface area (Å²) in [5.74, 6) is 0.693. The summed E-state index contributed by atoms with van der Waals surface area (Å²) in [5.41, 5.74) is 0. The lowest BCUT2D eigenvalue weighted by atomic mass is 10.1. The molecular formula is C13H21F3N4O. The highest BCUT2D eigenvalue weighted by Crippen LogP contribution is 2.29. The number of rotatable bonds is 4. The number of ether oxygens (including phenoxy) is 1. The minimum Gasteiger partial charge on any atom is -0.377 e. The van der Waals surface area contributed by atoms with Crippen molar-refractivity contribution in [3.63, 3.8) is 0 Å². The number of alkyl halides is 3. The van der Waals surface area contributed by atoms with E-state index in [0.717, 1.165) is 36.9 Å². The Kier molecular flexibility index (Phi) is 5.21. The lowest BCUT2D eigenvalue weighted by Crippen LogP contribution is -2.29. The van der Waals surface area contributed by atoms with Gasteiger partial charge in [-0.2, -0.15) is 18.3 Å². The number of hydrogen-bond donors (Lipinski definition) is 0. The fraction of sp³-hybridized carbons (Fsp3) is 0.846. The van der Waals surface area contributed by atoms with E-state index in [1.165, 1.54) is 7.11 Å². The Morgan fingerprint density at radius 2 is 2.05 bits per heavy atom. The third kappa shape index (κ3) is 4.41. The van der Waals surface area contributed by atoms with Crippen LogP contribution >= 0.6 is 0 Å². The monoisotopic (exact) mass is 306 g/mol. The molecule has 1 aliphatic heterocycles. The van der Waals surface area contributed by atoms with E-state index < -0.39 is 12.7 Å². The number of halogens is 3. The van der Waals surface area contributed by atoms with Gasteiger partial charge in [0.2, 0.25) is 0 Å². The minimum atomic E-state index is -4.31. The molecule has 21 heavy (non-hydrogen) atoms. The number of methoxy groups -OCH3 is 1. The van der Waals surface area contributed by atoms with Gasteiger partial charge >= 0.3 is 6.18 Å². The highest BCUT2D eigenvalue weighted by atomic mass is 19.4. The maximum atomic E-state index is 12.7. The molecule has 0 spiro atoms. The molecule has 0 radical (unpaired) electrons. The summed E-state index contributed by atoms with van der Waals surface area (Å²) in [4.78, 5) is 6.35. The Morgan fingerprint density at radius 3 is 2.71 bits per heavy atom. The van der Waals surface area contributed by atoms with E-state index in [-0.39, 0.29) is 12.6 Å². The van der Waals surface area contributed by atoms with Crippen LogP contribution in [0.15, 0.2) is 0 Å². The van der Waals surface area contributed by atoms with Crippen LogP contribution in [0.3, 0.4) is 0 Å². The van der Waals surface area contributed by atoms with E-state index in [1.807, 2.05) is 7.05 Å². The van der Waals surface area contributed by atoms with Crippen molar-refractivity contribution in [2.45, 2.75) is 51.1 Å². The van der Waals surface area contributed by atoms with Gasteiger partial charge in [-0.25, -0.2) is 9.67 Å².